The first kappa shape index (κ1) is 14.1. The van der Waals surface area contributed by atoms with Crippen molar-refractivity contribution in [3.05, 3.63) is 82.9 Å². The maximum absolute atomic E-state index is 12.2. The van der Waals surface area contributed by atoms with Crippen LogP contribution in [0.3, 0.4) is 0 Å². The zero-order chi connectivity index (χ0) is 16.7. The van der Waals surface area contributed by atoms with Gasteiger partial charge in [0.2, 0.25) is 0 Å². The second kappa shape index (κ2) is 5.31. The number of carbonyl (C=O) groups is 3. The van der Waals surface area contributed by atoms with Gasteiger partial charge in [-0.3, -0.25) is 20.2 Å². The Kier molecular flexibility index (Phi) is 3.13. The van der Waals surface area contributed by atoms with E-state index < -0.39 is 17.8 Å². The fraction of sp³-hybridized carbons (Fsp3) is 0. The van der Waals surface area contributed by atoms with E-state index in [1.807, 2.05) is 60.7 Å². The van der Waals surface area contributed by atoms with Gasteiger partial charge in [-0.15, -0.1) is 0 Å². The molecule has 0 radical (unpaired) electrons. The molecule has 1 aliphatic carbocycles. The molecule has 24 heavy (non-hydrogen) atoms. The van der Waals surface area contributed by atoms with Crippen molar-refractivity contribution in [1.82, 2.24) is 10.6 Å². The van der Waals surface area contributed by atoms with Crippen LogP contribution in [0.2, 0.25) is 0 Å². The maximum atomic E-state index is 12.2. The average molecular weight is 316 g/mol. The molecule has 2 aromatic carbocycles. The quantitative estimate of drug-likeness (QED) is 0.659. The lowest BCUT2D eigenvalue weighted by Crippen LogP contribution is -2.51. The lowest BCUT2D eigenvalue weighted by Gasteiger charge is -2.14. The van der Waals surface area contributed by atoms with Gasteiger partial charge in [0.1, 0.15) is 5.57 Å². The van der Waals surface area contributed by atoms with E-state index in [0.29, 0.717) is 5.57 Å². The minimum atomic E-state index is -0.794. The van der Waals surface area contributed by atoms with E-state index in [2.05, 4.69) is 10.6 Å². The Balaban J connectivity index is 1.88. The number of allylic oxidation sites excluding steroid dienone is 3. The van der Waals surface area contributed by atoms with Crippen LogP contribution in [0.25, 0.3) is 11.1 Å². The topological polar surface area (TPSA) is 75.3 Å². The van der Waals surface area contributed by atoms with Crippen molar-refractivity contribution in [2.75, 3.05) is 0 Å². The number of hydrogen-bond donors (Lipinski definition) is 2. The molecule has 1 aliphatic heterocycles. The van der Waals surface area contributed by atoms with Crippen LogP contribution >= 0.6 is 0 Å². The van der Waals surface area contributed by atoms with Crippen LogP contribution in [0.4, 0.5) is 4.79 Å². The maximum Gasteiger partial charge on any atom is 0.328 e. The molecule has 2 aliphatic rings. The summed E-state index contributed by atoms with van der Waals surface area (Å²) in [5.74, 6) is -1.34. The molecule has 1 heterocycles. The largest absolute Gasteiger partial charge is 0.328 e. The van der Waals surface area contributed by atoms with Crippen molar-refractivity contribution in [2.24, 2.45) is 0 Å². The first-order valence-electron chi connectivity index (χ1n) is 7.43. The Labute approximate surface area is 137 Å². The first-order valence-corrected chi connectivity index (χ1v) is 7.43. The summed E-state index contributed by atoms with van der Waals surface area (Å²) in [6.45, 7) is 0. The Hall–Kier alpha value is -3.47. The SMILES string of the molecule is O=C1NC(=O)C(=C2C(c3ccccc3)=C2c2ccccc2)C(=O)N1. The highest BCUT2D eigenvalue weighted by Crippen LogP contribution is 2.54. The molecule has 5 heteroatoms. The number of hydrogen-bond acceptors (Lipinski definition) is 3. The highest BCUT2D eigenvalue weighted by atomic mass is 16.2. The Morgan fingerprint density at radius 2 is 0.917 bits per heavy atom. The summed E-state index contributed by atoms with van der Waals surface area (Å²) in [4.78, 5) is 35.6. The third kappa shape index (κ3) is 2.23. The Bertz CT molecular complexity index is 868. The molecule has 2 N–H and O–H groups in total. The van der Waals surface area contributed by atoms with Gasteiger partial charge in [-0.2, -0.15) is 0 Å². The van der Waals surface area contributed by atoms with Crippen LogP contribution < -0.4 is 10.6 Å². The summed E-state index contributed by atoms with van der Waals surface area (Å²) < 4.78 is 0. The lowest BCUT2D eigenvalue weighted by atomic mass is 10.1. The third-order valence-corrected chi connectivity index (χ3v) is 3.97. The van der Waals surface area contributed by atoms with Gasteiger partial charge in [-0.1, -0.05) is 60.7 Å². The monoisotopic (exact) mass is 316 g/mol. The fourth-order valence-electron chi connectivity index (χ4n) is 2.92. The molecule has 2 aromatic rings. The summed E-state index contributed by atoms with van der Waals surface area (Å²) in [7, 11) is 0. The predicted octanol–water partition coefficient (Wildman–Crippen LogP) is 2.27. The molecule has 0 bridgehead atoms. The molecule has 0 aromatic heterocycles. The molecule has 4 rings (SSSR count). The van der Waals surface area contributed by atoms with Crippen molar-refractivity contribution in [1.29, 1.82) is 0 Å². The van der Waals surface area contributed by atoms with Crippen LogP contribution in [-0.2, 0) is 9.59 Å². The number of carbonyl (C=O) groups excluding carboxylic acids is 3. The van der Waals surface area contributed by atoms with Crippen molar-refractivity contribution in [2.45, 2.75) is 0 Å². The van der Waals surface area contributed by atoms with Gasteiger partial charge in [0.25, 0.3) is 11.8 Å². The molecule has 116 valence electrons. The molecule has 4 amide bonds. The van der Waals surface area contributed by atoms with Crippen LogP contribution in [0.1, 0.15) is 11.1 Å². The van der Waals surface area contributed by atoms with Crippen molar-refractivity contribution >= 4 is 29.0 Å². The zero-order valence-electron chi connectivity index (χ0n) is 12.5. The lowest BCUT2D eigenvalue weighted by molar-refractivity contribution is -0.124. The van der Waals surface area contributed by atoms with Crippen molar-refractivity contribution < 1.29 is 14.4 Å². The summed E-state index contributed by atoms with van der Waals surface area (Å²) in [6.07, 6.45) is 0. The van der Waals surface area contributed by atoms with Crippen LogP contribution in [-0.4, -0.2) is 17.8 Å². The number of barbiturate groups is 1. The third-order valence-electron chi connectivity index (χ3n) is 3.97. The summed E-state index contributed by atoms with van der Waals surface area (Å²) >= 11 is 0. The second-order valence-electron chi connectivity index (χ2n) is 5.47. The van der Waals surface area contributed by atoms with Gasteiger partial charge in [-0.05, 0) is 22.3 Å². The standard InChI is InChI=1S/C19H12N2O3/c22-17-16(18(23)21-19(24)20-17)15-13(11-7-3-1-4-8-11)14(15)12-9-5-2-6-10-12/h1-10H,(H2,20,21,22,23,24). The average Bonchev–Trinajstić information content (AvgIpc) is 3.30. The van der Waals surface area contributed by atoms with Gasteiger partial charge in [0.15, 0.2) is 0 Å². The van der Waals surface area contributed by atoms with Gasteiger partial charge < -0.3 is 0 Å². The van der Waals surface area contributed by atoms with Crippen LogP contribution in [0.5, 0.6) is 0 Å². The van der Waals surface area contributed by atoms with Gasteiger partial charge >= 0.3 is 6.03 Å². The molecular weight excluding hydrogens is 304 g/mol. The van der Waals surface area contributed by atoms with Crippen LogP contribution in [0, 0.1) is 0 Å². The first-order chi connectivity index (χ1) is 11.7. The van der Waals surface area contributed by atoms with E-state index in [-0.39, 0.29) is 5.57 Å². The van der Waals surface area contributed by atoms with E-state index in [1.54, 1.807) is 0 Å². The fourth-order valence-corrected chi connectivity index (χ4v) is 2.92. The number of imide groups is 2. The molecule has 5 nitrogen and oxygen atoms in total. The predicted molar refractivity (Wildman–Crippen MR) is 88.4 cm³/mol. The molecule has 1 saturated heterocycles. The number of urea groups is 1. The highest BCUT2D eigenvalue weighted by molar-refractivity contribution is 6.38. The number of benzene rings is 2. The van der Waals surface area contributed by atoms with Crippen LogP contribution in [0.15, 0.2) is 71.8 Å². The minimum Gasteiger partial charge on any atom is -0.273 e. The Morgan fingerprint density at radius 1 is 0.500 bits per heavy atom. The Morgan fingerprint density at radius 3 is 1.33 bits per heavy atom. The second-order valence-corrected chi connectivity index (χ2v) is 5.47. The molecule has 0 atom stereocenters. The number of nitrogens with one attached hydrogen (secondary N) is 2. The smallest absolute Gasteiger partial charge is 0.273 e. The van der Waals surface area contributed by atoms with E-state index in [4.69, 9.17) is 0 Å². The van der Waals surface area contributed by atoms with Crippen molar-refractivity contribution in [3.63, 3.8) is 0 Å². The number of amides is 4. The van der Waals surface area contributed by atoms with Gasteiger partial charge in [0, 0.05) is 5.57 Å². The van der Waals surface area contributed by atoms with E-state index in [1.165, 1.54) is 0 Å². The van der Waals surface area contributed by atoms with Crippen molar-refractivity contribution in [3.8, 4) is 0 Å². The molecule has 0 spiro atoms. The zero-order valence-corrected chi connectivity index (χ0v) is 12.5. The molecular formula is C19H12N2O3. The van der Waals surface area contributed by atoms with Gasteiger partial charge in [0.05, 0.1) is 0 Å². The van der Waals surface area contributed by atoms with Gasteiger partial charge in [-0.25, -0.2) is 4.79 Å². The normalized spacial score (nSPS) is 16.9. The minimum absolute atomic E-state index is 0.0210. The van der Waals surface area contributed by atoms with E-state index in [9.17, 15) is 14.4 Å². The highest BCUT2D eigenvalue weighted by Gasteiger charge is 2.41. The molecule has 1 fully saturated rings. The molecule has 0 unspecified atom stereocenters. The van der Waals surface area contributed by atoms with E-state index >= 15 is 0 Å². The summed E-state index contributed by atoms with van der Waals surface area (Å²) in [6, 6.07) is 18.3. The summed E-state index contributed by atoms with van der Waals surface area (Å²) in [5, 5.41) is 4.26. The summed E-state index contributed by atoms with van der Waals surface area (Å²) in [5.41, 5.74) is 4.14. The number of rotatable bonds is 2. The molecule has 0 saturated carbocycles. The van der Waals surface area contributed by atoms with E-state index in [0.717, 1.165) is 22.3 Å².